The van der Waals surface area contributed by atoms with E-state index in [4.69, 9.17) is 16.1 Å². The van der Waals surface area contributed by atoms with Gasteiger partial charge >= 0.3 is 0 Å². The maximum absolute atomic E-state index is 8.16. The second-order valence-corrected chi connectivity index (χ2v) is 2.03. The Morgan fingerprint density at radius 2 is 2.27 bits per heavy atom. The van der Waals surface area contributed by atoms with Crippen LogP contribution in [0.5, 0.6) is 0 Å². The van der Waals surface area contributed by atoms with Gasteiger partial charge in [0.2, 0.25) is 5.96 Å². The maximum atomic E-state index is 8.16. The van der Waals surface area contributed by atoms with Gasteiger partial charge in [0.25, 0.3) is 0 Å². The van der Waals surface area contributed by atoms with Crippen molar-refractivity contribution in [2.24, 2.45) is 10.8 Å². The number of nitrogens with one attached hydrogen (secondary N) is 1. The van der Waals surface area contributed by atoms with E-state index in [1.807, 2.05) is 6.92 Å². The molecule has 0 saturated heterocycles. The van der Waals surface area contributed by atoms with Gasteiger partial charge in [-0.25, -0.2) is 10.4 Å². The van der Waals surface area contributed by atoms with Gasteiger partial charge in [0.1, 0.15) is 0 Å². The Labute approximate surface area is 65.2 Å². The molecule has 0 spiro atoms. The molecule has 0 aromatic carbocycles. The summed E-state index contributed by atoms with van der Waals surface area (Å²) in [5.41, 5.74) is 5.19. The topological polar surface area (TPSA) is 94.1 Å². The summed E-state index contributed by atoms with van der Waals surface area (Å²) < 4.78 is 0. The first-order chi connectivity index (χ1) is 5.16. The summed E-state index contributed by atoms with van der Waals surface area (Å²) >= 11 is 0. The Morgan fingerprint density at radius 1 is 1.64 bits per heavy atom. The van der Waals surface area contributed by atoms with E-state index < -0.39 is 0 Å². The van der Waals surface area contributed by atoms with Crippen molar-refractivity contribution in [3.05, 3.63) is 0 Å². The van der Waals surface area contributed by atoms with E-state index in [0.29, 0.717) is 6.54 Å². The minimum Gasteiger partial charge on any atom is -0.368 e. The molecule has 6 heteroatoms. The summed E-state index contributed by atoms with van der Waals surface area (Å²) in [5, 5.41) is 21.8. The molecule has 0 amide bonds. The third-order valence-electron chi connectivity index (χ3n) is 1.03. The highest BCUT2D eigenvalue weighted by molar-refractivity contribution is 5.77. The van der Waals surface area contributed by atoms with Crippen LogP contribution >= 0.6 is 0 Å². The number of nitrogens with zero attached hydrogens (tertiary/aromatic N) is 2. The minimum absolute atomic E-state index is 0.0107. The fraction of sp³-hybridized carbons (Fsp3) is 0.800. The second kappa shape index (κ2) is 5.75. The number of guanidine groups is 1. The van der Waals surface area contributed by atoms with Crippen molar-refractivity contribution in [1.29, 1.82) is 0 Å². The van der Waals surface area contributed by atoms with Crippen molar-refractivity contribution in [3.8, 4) is 0 Å². The normalized spacial score (nSPS) is 11.4. The number of rotatable bonds is 4. The predicted octanol–water partition coefficient (Wildman–Crippen LogP) is -0.314. The van der Waals surface area contributed by atoms with Crippen molar-refractivity contribution in [2.45, 2.75) is 19.8 Å². The van der Waals surface area contributed by atoms with E-state index in [2.05, 4.69) is 10.4 Å². The first-order valence-electron chi connectivity index (χ1n) is 3.42. The standard InChI is InChI=1S/C5H14N4O2/c1-2-3-4-7-5(6)8-9(10)11/h10-11H,2-4H2,1H3,(H3,6,7,8). The molecule has 0 atom stereocenters. The van der Waals surface area contributed by atoms with Gasteiger partial charge in [-0.2, -0.15) is 0 Å². The lowest BCUT2D eigenvalue weighted by Gasteiger charge is -2.04. The molecule has 0 heterocycles. The van der Waals surface area contributed by atoms with Crippen molar-refractivity contribution in [3.63, 3.8) is 0 Å². The quantitative estimate of drug-likeness (QED) is 0.197. The molecule has 6 nitrogen and oxygen atoms in total. The molecule has 0 fully saturated rings. The zero-order valence-corrected chi connectivity index (χ0v) is 6.49. The third-order valence-corrected chi connectivity index (χ3v) is 1.03. The Balaban J connectivity index is 3.43. The summed E-state index contributed by atoms with van der Waals surface area (Å²) in [6, 6.07) is 0. The summed E-state index contributed by atoms with van der Waals surface area (Å²) in [7, 11) is 0. The Bertz CT molecular complexity index is 126. The van der Waals surface area contributed by atoms with Gasteiger partial charge in [-0.1, -0.05) is 18.4 Å². The summed E-state index contributed by atoms with van der Waals surface area (Å²) in [6.07, 6.45) is 2.01. The average Bonchev–Trinajstić information content (AvgIpc) is 1.86. The van der Waals surface area contributed by atoms with Crippen LogP contribution in [-0.2, 0) is 0 Å². The van der Waals surface area contributed by atoms with Crippen LogP contribution in [0.2, 0.25) is 0 Å². The average molecular weight is 162 g/mol. The smallest absolute Gasteiger partial charge is 0.216 e. The van der Waals surface area contributed by atoms with Crippen molar-refractivity contribution < 1.29 is 10.4 Å². The minimum atomic E-state index is -0.325. The Hall–Kier alpha value is -1.01. The van der Waals surface area contributed by atoms with Gasteiger partial charge in [-0.15, -0.1) is 0 Å². The van der Waals surface area contributed by atoms with E-state index in [1.165, 1.54) is 0 Å². The van der Waals surface area contributed by atoms with Gasteiger partial charge in [-0.05, 0) is 11.8 Å². The van der Waals surface area contributed by atoms with Crippen molar-refractivity contribution >= 4 is 5.96 Å². The van der Waals surface area contributed by atoms with E-state index in [1.54, 1.807) is 0 Å². The molecule has 0 saturated carbocycles. The molecule has 0 aromatic heterocycles. The van der Waals surface area contributed by atoms with Crippen molar-refractivity contribution in [2.75, 3.05) is 6.54 Å². The number of hydrogen-bond donors (Lipinski definition) is 4. The SMILES string of the molecule is CCCCN/C(N)=N/N(O)O. The van der Waals surface area contributed by atoms with E-state index in [-0.39, 0.29) is 11.3 Å². The molecule has 5 N–H and O–H groups in total. The summed E-state index contributed by atoms with van der Waals surface area (Å²) in [5.74, 6) is -0.0107. The highest BCUT2D eigenvalue weighted by Gasteiger charge is 1.91. The largest absolute Gasteiger partial charge is 0.368 e. The molecule has 11 heavy (non-hydrogen) atoms. The molecule has 0 unspecified atom stereocenters. The van der Waals surface area contributed by atoms with Crippen LogP contribution in [0, 0.1) is 0 Å². The molecule has 0 bridgehead atoms. The third kappa shape index (κ3) is 6.88. The van der Waals surface area contributed by atoms with Crippen LogP contribution in [0.1, 0.15) is 19.8 Å². The lowest BCUT2D eigenvalue weighted by Crippen LogP contribution is -2.34. The van der Waals surface area contributed by atoms with E-state index >= 15 is 0 Å². The molecule has 0 rings (SSSR count). The monoisotopic (exact) mass is 162 g/mol. The van der Waals surface area contributed by atoms with E-state index in [0.717, 1.165) is 12.8 Å². The molecule has 0 aliphatic carbocycles. The van der Waals surface area contributed by atoms with Crippen molar-refractivity contribution in [1.82, 2.24) is 10.7 Å². The van der Waals surface area contributed by atoms with Crippen LogP contribution in [0.3, 0.4) is 0 Å². The lowest BCUT2D eigenvalue weighted by atomic mass is 10.3. The first kappa shape index (κ1) is 9.99. The van der Waals surface area contributed by atoms with Gasteiger partial charge in [-0.3, -0.25) is 0 Å². The highest BCUT2D eigenvalue weighted by Crippen LogP contribution is 1.81. The lowest BCUT2D eigenvalue weighted by molar-refractivity contribution is -0.307. The molecule has 0 aromatic rings. The Kier molecular flexibility index (Phi) is 5.22. The fourth-order valence-electron chi connectivity index (χ4n) is 0.525. The molecule has 0 aliphatic rings. The van der Waals surface area contributed by atoms with Gasteiger partial charge in [0.05, 0.1) is 0 Å². The van der Waals surface area contributed by atoms with Crippen LogP contribution in [0.25, 0.3) is 0 Å². The van der Waals surface area contributed by atoms with Crippen LogP contribution in [0.15, 0.2) is 5.10 Å². The predicted molar refractivity (Wildman–Crippen MR) is 39.9 cm³/mol. The maximum Gasteiger partial charge on any atom is 0.216 e. The molecular weight excluding hydrogens is 148 g/mol. The van der Waals surface area contributed by atoms with Gasteiger partial charge in [0.15, 0.2) is 0 Å². The molecule has 66 valence electrons. The van der Waals surface area contributed by atoms with E-state index in [9.17, 15) is 0 Å². The van der Waals surface area contributed by atoms with Crippen LogP contribution in [0.4, 0.5) is 0 Å². The highest BCUT2D eigenvalue weighted by atomic mass is 16.8. The molecular formula is C5H14N4O2. The van der Waals surface area contributed by atoms with Gasteiger partial charge < -0.3 is 11.1 Å². The zero-order chi connectivity index (χ0) is 8.69. The zero-order valence-electron chi connectivity index (χ0n) is 6.49. The first-order valence-corrected chi connectivity index (χ1v) is 3.42. The number of hydrazone groups is 1. The summed E-state index contributed by atoms with van der Waals surface area (Å²) in [4.78, 5) is 0. The van der Waals surface area contributed by atoms with Gasteiger partial charge in [0, 0.05) is 6.54 Å². The fourth-order valence-corrected chi connectivity index (χ4v) is 0.525. The summed E-state index contributed by atoms with van der Waals surface area (Å²) in [6.45, 7) is 2.72. The molecule has 0 aliphatic heterocycles. The van der Waals surface area contributed by atoms with Crippen LogP contribution in [-0.4, -0.2) is 28.3 Å². The molecule has 0 radical (unpaired) electrons. The van der Waals surface area contributed by atoms with Crippen LogP contribution < -0.4 is 11.1 Å². The number of hydrogen-bond acceptors (Lipinski definition) is 4. The number of unbranched alkanes of at least 4 members (excludes halogenated alkanes) is 1. The Morgan fingerprint density at radius 3 is 2.73 bits per heavy atom. The number of nitrogens with two attached hydrogens (primary N) is 1. The second-order valence-electron chi connectivity index (χ2n) is 2.03.